The number of ether oxygens (including phenoxy) is 3. The lowest BCUT2D eigenvalue weighted by Crippen LogP contribution is -2.22. The number of nitrogens with zero attached hydrogens (tertiary/aromatic N) is 3. The largest absolute Gasteiger partial charge is 0.493 e. The van der Waals surface area contributed by atoms with Crippen LogP contribution in [-0.2, 0) is 11.3 Å². The van der Waals surface area contributed by atoms with Gasteiger partial charge in [0.15, 0.2) is 0 Å². The van der Waals surface area contributed by atoms with Gasteiger partial charge in [0.05, 0.1) is 32.1 Å². The molecule has 0 aliphatic carbocycles. The van der Waals surface area contributed by atoms with E-state index in [9.17, 15) is 0 Å². The van der Waals surface area contributed by atoms with Gasteiger partial charge in [-0.15, -0.1) is 0 Å². The highest BCUT2D eigenvalue weighted by molar-refractivity contribution is 5.64. The first-order valence-electron chi connectivity index (χ1n) is 12.9. The van der Waals surface area contributed by atoms with Crippen molar-refractivity contribution in [3.8, 4) is 22.8 Å². The number of anilines is 2. The van der Waals surface area contributed by atoms with E-state index in [1.807, 2.05) is 48.5 Å². The number of likely N-dealkylation sites (tertiary alicyclic amines) is 1. The van der Waals surface area contributed by atoms with Crippen LogP contribution in [0.5, 0.6) is 11.5 Å². The van der Waals surface area contributed by atoms with E-state index in [2.05, 4.69) is 27.3 Å². The summed E-state index contributed by atoms with van der Waals surface area (Å²) in [5.41, 5.74) is 3.72. The maximum atomic E-state index is 6.18. The molecule has 2 aliphatic rings. The maximum absolute atomic E-state index is 6.18. The lowest BCUT2D eigenvalue weighted by molar-refractivity contribution is 0.144. The Morgan fingerprint density at radius 2 is 1.97 bits per heavy atom. The molecular weight excluding hydrogens is 452 g/mol. The molecule has 2 aromatic carbocycles. The van der Waals surface area contributed by atoms with E-state index in [4.69, 9.17) is 19.2 Å². The monoisotopic (exact) mass is 486 g/mol. The molecule has 0 unspecified atom stereocenters. The van der Waals surface area contributed by atoms with Gasteiger partial charge in [0, 0.05) is 29.6 Å². The summed E-state index contributed by atoms with van der Waals surface area (Å²) in [7, 11) is 0. The van der Waals surface area contributed by atoms with Gasteiger partial charge in [-0.3, -0.25) is 0 Å². The number of hydrogen-bond acceptors (Lipinski definition) is 7. The van der Waals surface area contributed by atoms with E-state index < -0.39 is 0 Å². The summed E-state index contributed by atoms with van der Waals surface area (Å²) in [6, 6.07) is 16.0. The Morgan fingerprint density at radius 1 is 1.03 bits per heavy atom. The lowest BCUT2D eigenvalue weighted by Gasteiger charge is -2.16. The van der Waals surface area contributed by atoms with Crippen LogP contribution in [0.25, 0.3) is 11.3 Å². The molecule has 188 valence electrons. The van der Waals surface area contributed by atoms with Gasteiger partial charge in [0.25, 0.3) is 0 Å². The Hall–Kier alpha value is -3.42. The van der Waals surface area contributed by atoms with Crippen molar-refractivity contribution in [3.63, 3.8) is 0 Å². The Kier molecular flexibility index (Phi) is 8.44. The number of fused-ring (bicyclic) bond motifs is 7. The standard InChI is InChI=1S/C29H34N4O3/c1-4-17-34-22-24-20-25(10-11-28(24)36-19-7-16-33-14-2-3-15-33)31-29-30-13-12-27(32-29)23-8-6-9-26(21-23)35-18-5-1/h1,4,6,8-13,20-21H,2-3,5,7,14-19,22H2,(H,30,31,32). The van der Waals surface area contributed by atoms with Gasteiger partial charge in [-0.2, -0.15) is 0 Å². The van der Waals surface area contributed by atoms with Crippen molar-refractivity contribution in [1.82, 2.24) is 14.9 Å². The van der Waals surface area contributed by atoms with Crippen molar-refractivity contribution in [3.05, 3.63) is 72.4 Å². The third kappa shape index (κ3) is 6.83. The highest BCUT2D eigenvalue weighted by atomic mass is 16.5. The van der Waals surface area contributed by atoms with E-state index in [0.29, 0.717) is 32.4 Å². The first-order valence-corrected chi connectivity index (χ1v) is 12.9. The smallest absolute Gasteiger partial charge is 0.227 e. The summed E-state index contributed by atoms with van der Waals surface area (Å²) >= 11 is 0. The molecule has 0 amide bonds. The Bertz CT molecular complexity index is 1160. The van der Waals surface area contributed by atoms with Crippen LogP contribution >= 0.6 is 0 Å². The van der Waals surface area contributed by atoms with Crippen LogP contribution in [0, 0.1) is 0 Å². The minimum atomic E-state index is 0.462. The van der Waals surface area contributed by atoms with Gasteiger partial charge in [0.1, 0.15) is 11.5 Å². The van der Waals surface area contributed by atoms with Crippen LogP contribution in [0.4, 0.5) is 11.6 Å². The van der Waals surface area contributed by atoms with Crippen LogP contribution in [0.2, 0.25) is 0 Å². The number of rotatable bonds is 5. The van der Waals surface area contributed by atoms with Gasteiger partial charge in [-0.1, -0.05) is 24.3 Å². The molecule has 7 heteroatoms. The van der Waals surface area contributed by atoms with Crippen LogP contribution in [-0.4, -0.2) is 54.3 Å². The zero-order valence-corrected chi connectivity index (χ0v) is 20.7. The quantitative estimate of drug-likeness (QED) is 0.371. The summed E-state index contributed by atoms with van der Waals surface area (Å²) in [5, 5.41) is 3.34. The molecule has 1 fully saturated rings. The summed E-state index contributed by atoms with van der Waals surface area (Å²) in [4.78, 5) is 11.7. The lowest BCUT2D eigenvalue weighted by atomic mass is 10.1. The fourth-order valence-corrected chi connectivity index (χ4v) is 4.51. The molecule has 1 aromatic heterocycles. The van der Waals surface area contributed by atoms with E-state index in [-0.39, 0.29) is 0 Å². The number of hydrogen-bond donors (Lipinski definition) is 1. The third-order valence-corrected chi connectivity index (χ3v) is 6.37. The molecule has 2 aliphatic heterocycles. The predicted octanol–water partition coefficient (Wildman–Crippen LogP) is 5.61. The molecule has 36 heavy (non-hydrogen) atoms. The van der Waals surface area contributed by atoms with Gasteiger partial charge < -0.3 is 24.4 Å². The average Bonchev–Trinajstić information content (AvgIpc) is 3.43. The molecule has 1 saturated heterocycles. The second-order valence-electron chi connectivity index (χ2n) is 9.12. The van der Waals surface area contributed by atoms with Gasteiger partial charge in [0.2, 0.25) is 5.95 Å². The molecule has 6 bridgehead atoms. The summed E-state index contributed by atoms with van der Waals surface area (Å²) in [6.45, 7) is 5.82. The Labute approximate surface area is 213 Å². The predicted molar refractivity (Wildman–Crippen MR) is 142 cm³/mol. The number of aromatic nitrogens is 2. The molecule has 0 saturated carbocycles. The molecule has 3 heterocycles. The normalized spacial score (nSPS) is 16.4. The first kappa shape index (κ1) is 24.3. The topological polar surface area (TPSA) is 68.7 Å². The van der Waals surface area contributed by atoms with E-state index in [0.717, 1.165) is 53.4 Å². The molecular formula is C29H34N4O3. The molecule has 0 radical (unpaired) electrons. The Morgan fingerprint density at radius 3 is 2.92 bits per heavy atom. The summed E-state index contributed by atoms with van der Waals surface area (Å²) in [5.74, 6) is 2.22. The molecule has 1 N–H and O–H groups in total. The van der Waals surface area contributed by atoms with E-state index in [1.165, 1.54) is 25.9 Å². The van der Waals surface area contributed by atoms with E-state index in [1.54, 1.807) is 6.20 Å². The second kappa shape index (κ2) is 12.5. The average molecular weight is 487 g/mol. The summed E-state index contributed by atoms with van der Waals surface area (Å²) < 4.78 is 18.1. The number of benzene rings is 2. The van der Waals surface area contributed by atoms with Crippen molar-refractivity contribution in [2.75, 3.05) is 44.8 Å². The Balaban J connectivity index is 1.33. The van der Waals surface area contributed by atoms with Crippen molar-refractivity contribution in [2.45, 2.75) is 32.3 Å². The number of nitrogens with one attached hydrogen (secondary N) is 1. The van der Waals surface area contributed by atoms with Crippen LogP contribution < -0.4 is 14.8 Å². The van der Waals surface area contributed by atoms with Crippen LogP contribution in [0.15, 0.2) is 66.9 Å². The van der Waals surface area contributed by atoms with Gasteiger partial charge in [-0.05, 0) is 75.2 Å². The first-order chi connectivity index (χ1) is 17.8. The summed E-state index contributed by atoms with van der Waals surface area (Å²) in [6.07, 6.45) is 10.4. The van der Waals surface area contributed by atoms with Crippen LogP contribution in [0.1, 0.15) is 31.2 Å². The van der Waals surface area contributed by atoms with E-state index >= 15 is 0 Å². The molecule has 0 spiro atoms. The maximum Gasteiger partial charge on any atom is 0.227 e. The van der Waals surface area contributed by atoms with Gasteiger partial charge in [-0.25, -0.2) is 9.97 Å². The highest BCUT2D eigenvalue weighted by Crippen LogP contribution is 2.27. The van der Waals surface area contributed by atoms with Crippen LogP contribution in [0.3, 0.4) is 0 Å². The SMILES string of the molecule is C1=CCOCc2cc(ccc2OCCCN2CCCC2)Nc2nccc(n2)-c2cccc(c2)OCC1. The van der Waals surface area contributed by atoms with Gasteiger partial charge >= 0.3 is 0 Å². The van der Waals surface area contributed by atoms with Crippen molar-refractivity contribution in [2.24, 2.45) is 0 Å². The molecule has 0 atom stereocenters. The zero-order chi connectivity index (χ0) is 24.4. The molecule has 3 aromatic rings. The third-order valence-electron chi connectivity index (χ3n) is 6.37. The highest BCUT2D eigenvalue weighted by Gasteiger charge is 2.12. The minimum absolute atomic E-state index is 0.462. The molecule has 5 rings (SSSR count). The van der Waals surface area contributed by atoms with Crippen molar-refractivity contribution >= 4 is 11.6 Å². The van der Waals surface area contributed by atoms with Crippen molar-refractivity contribution in [1.29, 1.82) is 0 Å². The fourth-order valence-electron chi connectivity index (χ4n) is 4.51. The second-order valence-corrected chi connectivity index (χ2v) is 9.12. The molecule has 7 nitrogen and oxygen atoms in total. The zero-order valence-electron chi connectivity index (χ0n) is 20.7. The van der Waals surface area contributed by atoms with Crippen molar-refractivity contribution < 1.29 is 14.2 Å². The minimum Gasteiger partial charge on any atom is -0.493 e. The fraction of sp³-hybridized carbons (Fsp3) is 0.379.